The third kappa shape index (κ3) is 6.26. The van der Waals surface area contributed by atoms with Crippen LogP contribution in [0.2, 0.25) is 0 Å². The maximum atomic E-state index is 11.8. The lowest BCUT2D eigenvalue weighted by Gasteiger charge is -2.18. The van der Waals surface area contributed by atoms with E-state index in [1.165, 1.54) is 12.8 Å². The fraction of sp³-hybridized carbons (Fsp3) is 0.550. The summed E-state index contributed by atoms with van der Waals surface area (Å²) in [5, 5.41) is 3.47. The van der Waals surface area contributed by atoms with Gasteiger partial charge in [0.25, 0.3) is 0 Å². The SMILES string of the molecule is CCOC(=O)Cc1ccccc1OC(/C=C(\C)NCC1CC1)CC. The Bertz CT molecular complexity index is 564. The fourth-order valence-corrected chi connectivity index (χ4v) is 2.50. The van der Waals surface area contributed by atoms with Gasteiger partial charge in [-0.3, -0.25) is 4.79 Å². The average molecular weight is 331 g/mol. The number of hydrogen-bond donors (Lipinski definition) is 1. The highest BCUT2D eigenvalue weighted by Crippen LogP contribution is 2.28. The second kappa shape index (κ2) is 9.36. The highest BCUT2D eigenvalue weighted by molar-refractivity contribution is 5.73. The van der Waals surface area contributed by atoms with Crippen LogP contribution in [0.3, 0.4) is 0 Å². The number of ether oxygens (including phenoxy) is 2. The van der Waals surface area contributed by atoms with Crippen LogP contribution in [0.5, 0.6) is 5.75 Å². The van der Waals surface area contributed by atoms with Crippen LogP contribution in [-0.2, 0) is 16.0 Å². The number of carbonyl (C=O) groups excluding carboxylic acids is 1. The van der Waals surface area contributed by atoms with Crippen LogP contribution in [0.1, 0.15) is 45.6 Å². The van der Waals surface area contributed by atoms with Crippen LogP contribution in [0.15, 0.2) is 36.0 Å². The van der Waals surface area contributed by atoms with Gasteiger partial charge in [0.1, 0.15) is 11.9 Å². The van der Waals surface area contributed by atoms with Crippen molar-refractivity contribution in [1.29, 1.82) is 0 Å². The predicted octanol–water partition coefficient (Wildman–Crippen LogP) is 3.85. The van der Waals surface area contributed by atoms with Gasteiger partial charge < -0.3 is 14.8 Å². The Morgan fingerprint density at radius 2 is 2.08 bits per heavy atom. The topological polar surface area (TPSA) is 47.6 Å². The smallest absolute Gasteiger partial charge is 0.310 e. The minimum Gasteiger partial charge on any atom is -0.486 e. The van der Waals surface area contributed by atoms with Crippen LogP contribution in [-0.4, -0.2) is 25.2 Å². The van der Waals surface area contributed by atoms with Crippen LogP contribution in [0.4, 0.5) is 0 Å². The summed E-state index contributed by atoms with van der Waals surface area (Å²) in [5.41, 5.74) is 2.02. The molecule has 1 atom stereocenters. The Labute approximate surface area is 145 Å². The zero-order chi connectivity index (χ0) is 17.4. The standard InChI is InChI=1S/C20H29NO3/c1-4-18(12-15(3)21-14-16-10-11-16)24-19-9-7-6-8-17(19)13-20(22)23-5-2/h6-9,12,16,18,21H,4-5,10-11,13-14H2,1-3H3/b15-12+. The number of nitrogens with one attached hydrogen (secondary N) is 1. The van der Waals surface area contributed by atoms with Gasteiger partial charge in [0.2, 0.25) is 0 Å². The summed E-state index contributed by atoms with van der Waals surface area (Å²) < 4.78 is 11.2. The van der Waals surface area contributed by atoms with E-state index in [1.807, 2.05) is 31.2 Å². The van der Waals surface area contributed by atoms with Crippen molar-refractivity contribution < 1.29 is 14.3 Å². The van der Waals surface area contributed by atoms with Crippen molar-refractivity contribution in [2.24, 2.45) is 5.92 Å². The van der Waals surface area contributed by atoms with Gasteiger partial charge in [-0.15, -0.1) is 0 Å². The lowest BCUT2D eigenvalue weighted by Crippen LogP contribution is -2.20. The number of hydrogen-bond acceptors (Lipinski definition) is 4. The summed E-state index contributed by atoms with van der Waals surface area (Å²) >= 11 is 0. The summed E-state index contributed by atoms with van der Waals surface area (Å²) in [7, 11) is 0. The molecule has 4 heteroatoms. The summed E-state index contributed by atoms with van der Waals surface area (Å²) in [5.74, 6) is 1.38. The first-order valence-corrected chi connectivity index (χ1v) is 8.94. The van der Waals surface area contributed by atoms with Gasteiger partial charge >= 0.3 is 5.97 Å². The maximum absolute atomic E-state index is 11.8. The Morgan fingerprint density at radius 1 is 1.33 bits per heavy atom. The second-order valence-corrected chi connectivity index (χ2v) is 6.33. The van der Waals surface area contributed by atoms with E-state index in [2.05, 4.69) is 25.2 Å². The molecule has 1 aromatic carbocycles. The molecule has 1 aliphatic carbocycles. The summed E-state index contributed by atoms with van der Waals surface area (Å²) in [6, 6.07) is 7.68. The minimum absolute atomic E-state index is 0.0138. The molecule has 0 spiro atoms. The molecule has 1 unspecified atom stereocenters. The first kappa shape index (κ1) is 18.4. The predicted molar refractivity (Wildman–Crippen MR) is 96.0 cm³/mol. The van der Waals surface area contributed by atoms with Crippen molar-refractivity contribution >= 4 is 5.97 Å². The molecule has 0 saturated heterocycles. The Morgan fingerprint density at radius 3 is 2.75 bits per heavy atom. The van der Waals surface area contributed by atoms with Gasteiger partial charge in [0.15, 0.2) is 0 Å². The number of benzene rings is 1. The van der Waals surface area contributed by atoms with Crippen molar-refractivity contribution in [2.75, 3.05) is 13.2 Å². The molecule has 24 heavy (non-hydrogen) atoms. The quantitative estimate of drug-likeness (QED) is 0.662. The van der Waals surface area contributed by atoms with E-state index in [0.717, 1.165) is 35.9 Å². The van der Waals surface area contributed by atoms with E-state index in [1.54, 1.807) is 0 Å². The van der Waals surface area contributed by atoms with Gasteiger partial charge in [0, 0.05) is 17.8 Å². The van der Waals surface area contributed by atoms with Gasteiger partial charge in [0.05, 0.1) is 13.0 Å². The third-order valence-corrected chi connectivity index (χ3v) is 4.10. The van der Waals surface area contributed by atoms with Crippen LogP contribution in [0, 0.1) is 5.92 Å². The van der Waals surface area contributed by atoms with Crippen molar-refractivity contribution in [2.45, 2.75) is 52.6 Å². The van der Waals surface area contributed by atoms with Crippen molar-refractivity contribution in [1.82, 2.24) is 5.32 Å². The second-order valence-electron chi connectivity index (χ2n) is 6.33. The molecule has 132 valence electrons. The number of rotatable bonds is 10. The summed E-state index contributed by atoms with van der Waals surface area (Å²) in [6.45, 7) is 7.45. The van der Waals surface area contributed by atoms with E-state index in [-0.39, 0.29) is 18.5 Å². The van der Waals surface area contributed by atoms with E-state index in [4.69, 9.17) is 9.47 Å². The van der Waals surface area contributed by atoms with Crippen LogP contribution in [0.25, 0.3) is 0 Å². The lowest BCUT2D eigenvalue weighted by molar-refractivity contribution is -0.142. The fourth-order valence-electron chi connectivity index (χ4n) is 2.50. The first-order chi connectivity index (χ1) is 11.6. The van der Waals surface area contributed by atoms with Gasteiger partial charge in [-0.2, -0.15) is 0 Å². The summed E-state index contributed by atoms with van der Waals surface area (Å²) in [6.07, 6.45) is 5.91. The zero-order valence-electron chi connectivity index (χ0n) is 15.0. The normalized spacial score (nSPS) is 15.7. The van der Waals surface area contributed by atoms with Crippen LogP contribution >= 0.6 is 0 Å². The number of carbonyl (C=O) groups is 1. The minimum atomic E-state index is -0.223. The van der Waals surface area contributed by atoms with E-state index < -0.39 is 0 Å². The Hall–Kier alpha value is -1.97. The van der Waals surface area contributed by atoms with Gasteiger partial charge in [-0.05, 0) is 51.2 Å². The number of esters is 1. The maximum Gasteiger partial charge on any atom is 0.310 e. The molecule has 0 heterocycles. The van der Waals surface area contributed by atoms with Crippen molar-refractivity contribution in [3.63, 3.8) is 0 Å². The molecule has 0 radical (unpaired) electrons. The summed E-state index contributed by atoms with van der Waals surface area (Å²) in [4.78, 5) is 11.8. The zero-order valence-corrected chi connectivity index (χ0v) is 15.0. The molecular formula is C20H29NO3. The van der Waals surface area contributed by atoms with E-state index >= 15 is 0 Å². The first-order valence-electron chi connectivity index (χ1n) is 8.94. The molecule has 1 aliphatic rings. The average Bonchev–Trinajstić information content (AvgIpc) is 3.38. The highest BCUT2D eigenvalue weighted by atomic mass is 16.5. The van der Waals surface area contributed by atoms with Gasteiger partial charge in [-0.25, -0.2) is 0 Å². The van der Waals surface area contributed by atoms with E-state index in [9.17, 15) is 4.79 Å². The Balaban J connectivity index is 1.98. The van der Waals surface area contributed by atoms with Crippen LogP contribution < -0.4 is 10.1 Å². The molecule has 2 rings (SSSR count). The molecule has 1 N–H and O–H groups in total. The molecule has 1 saturated carbocycles. The molecule has 0 aromatic heterocycles. The molecule has 4 nitrogen and oxygen atoms in total. The number of para-hydroxylation sites is 1. The largest absolute Gasteiger partial charge is 0.486 e. The molecule has 1 fully saturated rings. The molecule has 0 amide bonds. The van der Waals surface area contributed by atoms with Gasteiger partial charge in [-0.1, -0.05) is 25.1 Å². The molecule has 0 aliphatic heterocycles. The highest BCUT2D eigenvalue weighted by Gasteiger charge is 2.20. The van der Waals surface area contributed by atoms with E-state index in [0.29, 0.717) is 6.61 Å². The monoisotopic (exact) mass is 331 g/mol. The molecule has 0 bridgehead atoms. The van der Waals surface area contributed by atoms with Crippen molar-refractivity contribution in [3.8, 4) is 5.75 Å². The lowest BCUT2D eigenvalue weighted by atomic mass is 10.1. The Kier molecular flexibility index (Phi) is 7.16. The molecular weight excluding hydrogens is 302 g/mol. The molecule has 1 aromatic rings. The third-order valence-electron chi connectivity index (χ3n) is 4.10. The number of allylic oxidation sites excluding steroid dienone is 1. The van der Waals surface area contributed by atoms with Crippen molar-refractivity contribution in [3.05, 3.63) is 41.6 Å².